The largest absolute Gasteiger partial charge is 0.485 e. The number of para-hydroxylation sites is 2. The molecule has 86 valence electrons. The van der Waals surface area contributed by atoms with Crippen molar-refractivity contribution in [2.24, 2.45) is 0 Å². The van der Waals surface area contributed by atoms with E-state index in [2.05, 4.69) is 16.7 Å². The SMILES string of the molecule is c1ccc2c(c1)NCC(CNC1CCC1)O2. The Bertz CT molecular complexity index is 363. The lowest BCUT2D eigenvalue weighted by Gasteiger charge is -2.31. The van der Waals surface area contributed by atoms with Crippen LogP contribution < -0.4 is 15.4 Å². The minimum atomic E-state index is 0.260. The lowest BCUT2D eigenvalue weighted by atomic mass is 9.93. The third kappa shape index (κ3) is 2.00. The molecule has 2 aliphatic rings. The van der Waals surface area contributed by atoms with Gasteiger partial charge in [-0.1, -0.05) is 18.6 Å². The summed E-state index contributed by atoms with van der Waals surface area (Å²) >= 11 is 0. The molecule has 0 spiro atoms. The number of hydrogen-bond donors (Lipinski definition) is 2. The van der Waals surface area contributed by atoms with Crippen LogP contribution in [0.2, 0.25) is 0 Å². The molecule has 2 N–H and O–H groups in total. The lowest BCUT2D eigenvalue weighted by molar-refractivity contribution is 0.186. The summed E-state index contributed by atoms with van der Waals surface area (Å²) in [6.07, 6.45) is 4.30. The van der Waals surface area contributed by atoms with E-state index in [1.807, 2.05) is 18.2 Å². The molecule has 1 aliphatic carbocycles. The van der Waals surface area contributed by atoms with Gasteiger partial charge in [0.25, 0.3) is 0 Å². The minimum Gasteiger partial charge on any atom is -0.485 e. The number of hydrogen-bond acceptors (Lipinski definition) is 3. The molecule has 0 aromatic heterocycles. The van der Waals surface area contributed by atoms with E-state index < -0.39 is 0 Å². The highest BCUT2D eigenvalue weighted by molar-refractivity contribution is 5.57. The van der Waals surface area contributed by atoms with Gasteiger partial charge in [-0.25, -0.2) is 0 Å². The maximum Gasteiger partial charge on any atom is 0.142 e. The normalized spacial score (nSPS) is 23.9. The van der Waals surface area contributed by atoms with E-state index in [0.29, 0.717) is 0 Å². The monoisotopic (exact) mass is 218 g/mol. The quantitative estimate of drug-likeness (QED) is 0.814. The Morgan fingerprint density at radius 1 is 1.31 bits per heavy atom. The van der Waals surface area contributed by atoms with Gasteiger partial charge in [-0.2, -0.15) is 0 Å². The molecule has 0 bridgehead atoms. The molecule has 1 saturated carbocycles. The number of ether oxygens (including phenoxy) is 1. The van der Waals surface area contributed by atoms with Gasteiger partial charge in [0.1, 0.15) is 11.9 Å². The zero-order valence-corrected chi connectivity index (χ0v) is 9.41. The van der Waals surface area contributed by atoms with Crippen LogP contribution in [0.4, 0.5) is 5.69 Å². The van der Waals surface area contributed by atoms with Crippen molar-refractivity contribution >= 4 is 5.69 Å². The summed E-state index contributed by atoms with van der Waals surface area (Å²) in [5.41, 5.74) is 1.11. The van der Waals surface area contributed by atoms with Crippen LogP contribution in [-0.4, -0.2) is 25.2 Å². The molecule has 0 radical (unpaired) electrons. The van der Waals surface area contributed by atoms with Gasteiger partial charge in [0.15, 0.2) is 0 Å². The fourth-order valence-electron chi connectivity index (χ4n) is 2.18. The Morgan fingerprint density at radius 2 is 2.19 bits per heavy atom. The lowest BCUT2D eigenvalue weighted by Crippen LogP contribution is -2.45. The molecule has 1 aromatic carbocycles. The number of benzene rings is 1. The average molecular weight is 218 g/mol. The van der Waals surface area contributed by atoms with Crippen LogP contribution in [0.1, 0.15) is 19.3 Å². The second-order valence-electron chi connectivity index (χ2n) is 4.65. The van der Waals surface area contributed by atoms with Gasteiger partial charge >= 0.3 is 0 Å². The fraction of sp³-hybridized carbons (Fsp3) is 0.538. The first-order valence-electron chi connectivity index (χ1n) is 6.15. The summed E-state index contributed by atoms with van der Waals surface area (Å²) in [7, 11) is 0. The molecule has 1 aliphatic heterocycles. The summed E-state index contributed by atoms with van der Waals surface area (Å²) in [6.45, 7) is 1.85. The average Bonchev–Trinajstić information content (AvgIpc) is 2.27. The van der Waals surface area contributed by atoms with Crippen molar-refractivity contribution in [3.63, 3.8) is 0 Å². The Hall–Kier alpha value is -1.22. The van der Waals surface area contributed by atoms with Gasteiger partial charge < -0.3 is 15.4 Å². The van der Waals surface area contributed by atoms with Gasteiger partial charge in [-0.15, -0.1) is 0 Å². The number of fused-ring (bicyclic) bond motifs is 1. The molecule has 3 nitrogen and oxygen atoms in total. The van der Waals surface area contributed by atoms with Gasteiger partial charge in [-0.05, 0) is 25.0 Å². The molecular formula is C13H18N2O. The highest BCUT2D eigenvalue weighted by Crippen LogP contribution is 2.28. The van der Waals surface area contributed by atoms with E-state index in [-0.39, 0.29) is 6.10 Å². The molecule has 0 amide bonds. The molecule has 1 fully saturated rings. The summed E-state index contributed by atoms with van der Waals surface area (Å²) in [6, 6.07) is 8.87. The molecule has 3 rings (SSSR count). The first-order chi connectivity index (χ1) is 7.92. The highest BCUT2D eigenvalue weighted by atomic mass is 16.5. The zero-order chi connectivity index (χ0) is 10.8. The molecule has 1 aromatic rings. The Kier molecular flexibility index (Phi) is 2.70. The van der Waals surface area contributed by atoms with E-state index >= 15 is 0 Å². The van der Waals surface area contributed by atoms with E-state index in [1.54, 1.807) is 0 Å². The van der Waals surface area contributed by atoms with Crippen LogP contribution in [0, 0.1) is 0 Å². The number of rotatable bonds is 3. The maximum atomic E-state index is 5.93. The first-order valence-corrected chi connectivity index (χ1v) is 6.15. The molecule has 16 heavy (non-hydrogen) atoms. The highest BCUT2D eigenvalue weighted by Gasteiger charge is 2.22. The molecular weight excluding hydrogens is 200 g/mol. The van der Waals surface area contributed by atoms with Crippen molar-refractivity contribution in [1.82, 2.24) is 5.32 Å². The Balaban J connectivity index is 1.55. The predicted octanol–water partition coefficient (Wildman–Crippen LogP) is 2.00. The summed E-state index contributed by atoms with van der Waals surface area (Å²) < 4.78 is 5.93. The van der Waals surface area contributed by atoms with Crippen LogP contribution in [0.15, 0.2) is 24.3 Å². The van der Waals surface area contributed by atoms with Crippen LogP contribution in [0.5, 0.6) is 5.75 Å². The second kappa shape index (κ2) is 4.34. The number of nitrogens with one attached hydrogen (secondary N) is 2. The molecule has 1 heterocycles. The standard InChI is InChI=1S/C13H18N2O/c1-2-7-13-12(6-1)15-9-11(16-13)8-14-10-4-3-5-10/h1-2,6-7,10-11,14-15H,3-5,8-9H2. The number of anilines is 1. The summed E-state index contributed by atoms with van der Waals surface area (Å²) in [5, 5.41) is 6.96. The van der Waals surface area contributed by atoms with E-state index in [9.17, 15) is 0 Å². The smallest absolute Gasteiger partial charge is 0.142 e. The van der Waals surface area contributed by atoms with Crippen molar-refractivity contribution in [3.05, 3.63) is 24.3 Å². The Morgan fingerprint density at radius 3 is 3.00 bits per heavy atom. The van der Waals surface area contributed by atoms with Gasteiger partial charge in [-0.3, -0.25) is 0 Å². The van der Waals surface area contributed by atoms with Crippen LogP contribution in [-0.2, 0) is 0 Å². The topological polar surface area (TPSA) is 33.3 Å². The maximum absolute atomic E-state index is 5.93. The van der Waals surface area contributed by atoms with Crippen molar-refractivity contribution in [1.29, 1.82) is 0 Å². The minimum absolute atomic E-state index is 0.260. The Labute approximate surface area is 96.2 Å². The fourth-order valence-corrected chi connectivity index (χ4v) is 2.18. The van der Waals surface area contributed by atoms with E-state index in [1.165, 1.54) is 19.3 Å². The van der Waals surface area contributed by atoms with Crippen LogP contribution in [0.3, 0.4) is 0 Å². The van der Waals surface area contributed by atoms with Gasteiger partial charge in [0.05, 0.1) is 12.2 Å². The van der Waals surface area contributed by atoms with Crippen molar-refractivity contribution in [3.8, 4) is 5.75 Å². The van der Waals surface area contributed by atoms with Crippen LogP contribution >= 0.6 is 0 Å². The van der Waals surface area contributed by atoms with Gasteiger partial charge in [0, 0.05) is 12.6 Å². The van der Waals surface area contributed by atoms with E-state index in [0.717, 1.165) is 30.6 Å². The van der Waals surface area contributed by atoms with Crippen LogP contribution in [0.25, 0.3) is 0 Å². The second-order valence-corrected chi connectivity index (χ2v) is 4.65. The predicted molar refractivity (Wildman–Crippen MR) is 65.0 cm³/mol. The van der Waals surface area contributed by atoms with Crippen molar-refractivity contribution in [2.45, 2.75) is 31.4 Å². The molecule has 3 heteroatoms. The molecule has 1 atom stereocenters. The third-order valence-corrected chi connectivity index (χ3v) is 3.44. The zero-order valence-electron chi connectivity index (χ0n) is 9.41. The van der Waals surface area contributed by atoms with E-state index in [4.69, 9.17) is 4.74 Å². The molecule has 0 saturated heterocycles. The summed E-state index contributed by atoms with van der Waals surface area (Å²) in [5.74, 6) is 0.981. The third-order valence-electron chi connectivity index (χ3n) is 3.44. The van der Waals surface area contributed by atoms with Crippen molar-refractivity contribution in [2.75, 3.05) is 18.4 Å². The molecule has 1 unspecified atom stereocenters. The summed E-state index contributed by atoms with van der Waals surface area (Å²) in [4.78, 5) is 0. The van der Waals surface area contributed by atoms with Crippen molar-refractivity contribution < 1.29 is 4.74 Å². The van der Waals surface area contributed by atoms with Gasteiger partial charge in [0.2, 0.25) is 0 Å². The first kappa shape index (κ1) is 9.97.